The second-order valence-corrected chi connectivity index (χ2v) is 6.23. The van der Waals surface area contributed by atoms with E-state index in [1.807, 2.05) is 78.9 Å². The van der Waals surface area contributed by atoms with Gasteiger partial charge >= 0.3 is 0 Å². The maximum Gasteiger partial charge on any atom is 0.271 e. The van der Waals surface area contributed by atoms with E-state index in [0.717, 1.165) is 28.0 Å². The Bertz CT molecular complexity index is 1090. The zero-order valence-corrected chi connectivity index (χ0v) is 15.0. The summed E-state index contributed by atoms with van der Waals surface area (Å²) in [5, 5.41) is 10.5. The molecule has 28 heavy (non-hydrogen) atoms. The highest BCUT2D eigenvalue weighted by Gasteiger charge is 2.18. The van der Waals surface area contributed by atoms with Crippen molar-refractivity contribution < 1.29 is 9.53 Å². The maximum atomic E-state index is 11.6. The standard InChI is InChI=1S/C22H18N4O2/c23-22(27)21-20(24-26-25-21)19-9-5-4-8-18(19)16-10-12-17(13-11-16)28-14-15-6-2-1-3-7-15/h1-13H,14H2,(H2,23,27)(H,24,25,26). The first kappa shape index (κ1) is 17.5. The largest absolute Gasteiger partial charge is 0.489 e. The lowest BCUT2D eigenvalue weighted by atomic mass is 9.96. The fourth-order valence-corrected chi connectivity index (χ4v) is 3.00. The number of ether oxygens (including phenoxy) is 1. The van der Waals surface area contributed by atoms with Crippen LogP contribution in [-0.2, 0) is 6.61 Å². The van der Waals surface area contributed by atoms with Crippen LogP contribution in [0.1, 0.15) is 16.1 Å². The van der Waals surface area contributed by atoms with Crippen molar-refractivity contribution in [3.05, 3.63) is 90.1 Å². The molecule has 0 unspecified atom stereocenters. The number of aromatic nitrogens is 3. The zero-order chi connectivity index (χ0) is 19.3. The van der Waals surface area contributed by atoms with Crippen LogP contribution in [0.5, 0.6) is 5.75 Å². The van der Waals surface area contributed by atoms with Crippen molar-refractivity contribution in [1.29, 1.82) is 0 Å². The quantitative estimate of drug-likeness (QED) is 0.539. The van der Waals surface area contributed by atoms with Crippen molar-refractivity contribution in [3.63, 3.8) is 0 Å². The number of hydrogen-bond donors (Lipinski definition) is 2. The Morgan fingerprint density at radius 3 is 2.25 bits per heavy atom. The van der Waals surface area contributed by atoms with Crippen LogP contribution in [0.15, 0.2) is 78.9 Å². The molecule has 0 spiro atoms. The molecule has 0 atom stereocenters. The number of aromatic amines is 1. The fraction of sp³-hybridized carbons (Fsp3) is 0.0455. The number of H-pyrrole nitrogens is 1. The van der Waals surface area contributed by atoms with E-state index in [4.69, 9.17) is 10.5 Å². The van der Waals surface area contributed by atoms with Crippen LogP contribution in [0.3, 0.4) is 0 Å². The topological polar surface area (TPSA) is 93.9 Å². The zero-order valence-electron chi connectivity index (χ0n) is 15.0. The van der Waals surface area contributed by atoms with E-state index in [2.05, 4.69) is 15.4 Å². The minimum Gasteiger partial charge on any atom is -0.489 e. The average molecular weight is 370 g/mol. The predicted molar refractivity (Wildman–Crippen MR) is 107 cm³/mol. The van der Waals surface area contributed by atoms with Crippen molar-refractivity contribution in [2.45, 2.75) is 6.61 Å². The molecule has 0 bridgehead atoms. The average Bonchev–Trinajstić information content (AvgIpc) is 3.24. The van der Waals surface area contributed by atoms with Gasteiger partial charge in [0.25, 0.3) is 5.91 Å². The van der Waals surface area contributed by atoms with Crippen molar-refractivity contribution in [3.8, 4) is 28.1 Å². The molecule has 3 aromatic carbocycles. The minimum absolute atomic E-state index is 0.121. The van der Waals surface area contributed by atoms with E-state index in [-0.39, 0.29) is 5.69 Å². The summed E-state index contributed by atoms with van der Waals surface area (Å²) >= 11 is 0. The maximum absolute atomic E-state index is 11.6. The second-order valence-electron chi connectivity index (χ2n) is 6.23. The lowest BCUT2D eigenvalue weighted by Gasteiger charge is -2.10. The Balaban J connectivity index is 1.60. The monoisotopic (exact) mass is 370 g/mol. The number of nitrogens with zero attached hydrogens (tertiary/aromatic N) is 2. The number of carbonyl (C=O) groups excluding carboxylic acids is 1. The molecule has 0 fully saturated rings. The molecule has 1 heterocycles. The summed E-state index contributed by atoms with van der Waals surface area (Å²) in [6.07, 6.45) is 0. The molecule has 1 amide bonds. The van der Waals surface area contributed by atoms with Gasteiger partial charge in [-0.1, -0.05) is 66.7 Å². The van der Waals surface area contributed by atoms with Gasteiger partial charge in [0.15, 0.2) is 5.69 Å². The van der Waals surface area contributed by atoms with Crippen molar-refractivity contribution >= 4 is 5.91 Å². The summed E-state index contributed by atoms with van der Waals surface area (Å²) in [7, 11) is 0. The molecule has 6 nitrogen and oxygen atoms in total. The van der Waals surface area contributed by atoms with E-state index in [9.17, 15) is 4.79 Å². The van der Waals surface area contributed by atoms with E-state index in [1.54, 1.807) is 0 Å². The molecular formula is C22H18N4O2. The molecule has 0 saturated carbocycles. The minimum atomic E-state index is -0.622. The van der Waals surface area contributed by atoms with E-state index in [0.29, 0.717) is 12.3 Å². The number of primary amides is 1. The van der Waals surface area contributed by atoms with Crippen molar-refractivity contribution in [2.75, 3.05) is 0 Å². The number of hydrogen-bond acceptors (Lipinski definition) is 4. The van der Waals surface area contributed by atoms with E-state index >= 15 is 0 Å². The van der Waals surface area contributed by atoms with Crippen LogP contribution in [0, 0.1) is 0 Å². The molecule has 3 N–H and O–H groups in total. The molecule has 1 aromatic heterocycles. The van der Waals surface area contributed by atoms with Gasteiger partial charge in [-0.05, 0) is 28.8 Å². The normalized spacial score (nSPS) is 10.6. The number of nitrogens with two attached hydrogens (primary N) is 1. The number of amides is 1. The van der Waals surface area contributed by atoms with Crippen LogP contribution in [-0.4, -0.2) is 21.3 Å². The Hall–Kier alpha value is -3.93. The van der Waals surface area contributed by atoms with Gasteiger partial charge in [-0.3, -0.25) is 4.79 Å². The summed E-state index contributed by atoms with van der Waals surface area (Å²) < 4.78 is 5.85. The third-order valence-electron chi connectivity index (χ3n) is 4.38. The first-order valence-electron chi connectivity index (χ1n) is 8.79. The van der Waals surface area contributed by atoms with Crippen molar-refractivity contribution in [2.24, 2.45) is 5.73 Å². The number of nitrogens with one attached hydrogen (secondary N) is 1. The molecular weight excluding hydrogens is 352 g/mol. The van der Waals surface area contributed by atoms with Gasteiger partial charge in [-0.25, -0.2) is 0 Å². The highest BCUT2D eigenvalue weighted by atomic mass is 16.5. The summed E-state index contributed by atoms with van der Waals surface area (Å²) in [6, 6.07) is 25.5. The number of rotatable bonds is 6. The van der Waals surface area contributed by atoms with E-state index < -0.39 is 5.91 Å². The predicted octanol–water partition coefficient (Wildman–Crippen LogP) is 3.82. The third-order valence-corrected chi connectivity index (χ3v) is 4.38. The van der Waals surface area contributed by atoms with E-state index in [1.165, 1.54) is 0 Å². The Morgan fingerprint density at radius 2 is 1.54 bits per heavy atom. The molecule has 4 rings (SSSR count). The molecule has 138 valence electrons. The van der Waals surface area contributed by atoms with Crippen LogP contribution >= 0.6 is 0 Å². The highest BCUT2D eigenvalue weighted by Crippen LogP contribution is 2.33. The Labute approximate surface area is 162 Å². The van der Waals surface area contributed by atoms with Gasteiger partial charge in [0.2, 0.25) is 0 Å². The van der Waals surface area contributed by atoms with Gasteiger partial charge in [0, 0.05) is 5.56 Å². The first-order chi connectivity index (χ1) is 13.7. The van der Waals surface area contributed by atoms with Gasteiger partial charge in [0.1, 0.15) is 18.1 Å². The summed E-state index contributed by atoms with van der Waals surface area (Å²) in [6.45, 7) is 0.512. The Morgan fingerprint density at radius 1 is 0.857 bits per heavy atom. The van der Waals surface area contributed by atoms with Crippen LogP contribution in [0.2, 0.25) is 0 Å². The SMILES string of the molecule is NC(=O)c1n[nH]nc1-c1ccccc1-c1ccc(OCc2ccccc2)cc1. The second kappa shape index (κ2) is 7.75. The number of carbonyl (C=O) groups is 1. The molecule has 4 aromatic rings. The molecule has 0 radical (unpaired) electrons. The lowest BCUT2D eigenvalue weighted by molar-refractivity contribution is 0.0996. The van der Waals surface area contributed by atoms with Gasteiger partial charge in [-0.15, -0.1) is 0 Å². The van der Waals surface area contributed by atoms with Gasteiger partial charge in [-0.2, -0.15) is 15.4 Å². The van der Waals surface area contributed by atoms with Crippen LogP contribution in [0.25, 0.3) is 22.4 Å². The molecule has 0 aliphatic carbocycles. The summed E-state index contributed by atoms with van der Waals surface area (Å²) in [5.41, 5.74) is 9.76. The van der Waals surface area contributed by atoms with Crippen molar-refractivity contribution in [1.82, 2.24) is 15.4 Å². The smallest absolute Gasteiger partial charge is 0.271 e. The van der Waals surface area contributed by atoms with Crippen LogP contribution in [0.4, 0.5) is 0 Å². The molecule has 0 aliphatic heterocycles. The number of benzene rings is 3. The first-order valence-corrected chi connectivity index (χ1v) is 8.79. The molecule has 0 aliphatic rings. The summed E-state index contributed by atoms with van der Waals surface area (Å²) in [4.78, 5) is 11.6. The van der Waals surface area contributed by atoms with Gasteiger partial charge < -0.3 is 10.5 Å². The molecule has 0 saturated heterocycles. The Kier molecular flexibility index (Phi) is 4.84. The summed E-state index contributed by atoms with van der Waals surface area (Å²) in [5.74, 6) is 0.160. The fourth-order valence-electron chi connectivity index (χ4n) is 3.00. The highest BCUT2D eigenvalue weighted by molar-refractivity contribution is 5.98. The lowest BCUT2D eigenvalue weighted by Crippen LogP contribution is -2.12. The van der Waals surface area contributed by atoms with Crippen LogP contribution < -0.4 is 10.5 Å². The molecule has 6 heteroatoms. The third kappa shape index (κ3) is 3.61. The van der Waals surface area contributed by atoms with Gasteiger partial charge in [0.05, 0.1) is 0 Å².